The third kappa shape index (κ3) is 3.88. The molecule has 4 rings (SSSR count). The Morgan fingerprint density at radius 1 is 0.906 bits per heavy atom. The van der Waals surface area contributed by atoms with Crippen LogP contribution in [0.5, 0.6) is 0 Å². The number of para-hydroxylation sites is 1. The Morgan fingerprint density at radius 3 is 2.16 bits per heavy atom. The molecule has 0 saturated carbocycles. The third-order valence-corrected chi connectivity index (χ3v) is 5.50. The number of carbonyl (C=O) groups is 2. The fourth-order valence-corrected chi connectivity index (χ4v) is 3.96. The molecule has 0 aliphatic carbocycles. The molecule has 0 aromatic heterocycles. The van der Waals surface area contributed by atoms with Gasteiger partial charge in [0.2, 0.25) is 0 Å². The molecule has 3 aromatic rings. The van der Waals surface area contributed by atoms with Crippen LogP contribution in [0.3, 0.4) is 0 Å². The summed E-state index contributed by atoms with van der Waals surface area (Å²) in [5, 5.41) is 22.7. The number of hydrogen-bond acceptors (Lipinski definition) is 5. The van der Waals surface area contributed by atoms with E-state index in [1.807, 2.05) is 30.3 Å². The number of ketones is 1. The van der Waals surface area contributed by atoms with E-state index < -0.39 is 22.7 Å². The number of nitro benzene ring substituents is 1. The predicted octanol–water partition coefficient (Wildman–Crippen LogP) is 4.26. The maximum atomic E-state index is 13.0. The molecule has 160 valence electrons. The van der Waals surface area contributed by atoms with Crippen LogP contribution >= 0.6 is 0 Å². The van der Waals surface area contributed by atoms with Crippen LogP contribution in [0.1, 0.15) is 22.7 Å². The first-order valence-corrected chi connectivity index (χ1v) is 10.1. The van der Waals surface area contributed by atoms with Crippen molar-refractivity contribution in [1.29, 1.82) is 0 Å². The summed E-state index contributed by atoms with van der Waals surface area (Å²) in [7, 11) is 0. The minimum absolute atomic E-state index is 0.149. The summed E-state index contributed by atoms with van der Waals surface area (Å²) in [6.45, 7) is 0.164. The number of nitro groups is 1. The number of rotatable bonds is 6. The fraction of sp³-hybridized carbons (Fsp3) is 0.120. The Kier molecular flexibility index (Phi) is 5.81. The molecule has 1 fully saturated rings. The molecule has 7 heteroatoms. The van der Waals surface area contributed by atoms with E-state index in [1.165, 1.54) is 23.1 Å². The lowest BCUT2D eigenvalue weighted by atomic mass is 9.94. The number of Topliss-reactive ketones (excluding diaryl/α,β-unsaturated/α-hetero) is 1. The highest BCUT2D eigenvalue weighted by Gasteiger charge is 2.47. The number of carbonyl (C=O) groups excluding carboxylic acids is 2. The Morgan fingerprint density at radius 2 is 1.50 bits per heavy atom. The van der Waals surface area contributed by atoms with Crippen LogP contribution in [-0.4, -0.2) is 33.2 Å². The summed E-state index contributed by atoms with van der Waals surface area (Å²) in [5.74, 6) is -2.00. The first-order chi connectivity index (χ1) is 15.5. The van der Waals surface area contributed by atoms with Crippen LogP contribution in [0.15, 0.2) is 90.5 Å². The zero-order valence-corrected chi connectivity index (χ0v) is 17.0. The van der Waals surface area contributed by atoms with Crippen molar-refractivity contribution in [3.8, 4) is 0 Å². The smallest absolute Gasteiger partial charge is 0.295 e. The van der Waals surface area contributed by atoms with Crippen molar-refractivity contribution in [2.75, 3.05) is 6.54 Å². The standard InChI is InChI=1S/C25H20N2O5/c28-23(18-11-5-2-6-12-18)21-22(19-13-7-8-14-20(19)27(31)32)26(25(30)24(21)29)16-15-17-9-3-1-4-10-17/h1-14,22,28H,15-16H2/b23-21-/t22-/m0/s1. The average Bonchev–Trinajstić information content (AvgIpc) is 3.08. The lowest BCUT2D eigenvalue weighted by Gasteiger charge is -2.25. The Hall–Kier alpha value is -4.26. The second kappa shape index (κ2) is 8.85. The van der Waals surface area contributed by atoms with Gasteiger partial charge in [-0.3, -0.25) is 19.7 Å². The molecule has 0 bridgehead atoms. The molecule has 1 atom stereocenters. The molecule has 3 aromatic carbocycles. The summed E-state index contributed by atoms with van der Waals surface area (Å²) in [4.78, 5) is 38.5. The highest BCUT2D eigenvalue weighted by Crippen LogP contribution is 2.42. The van der Waals surface area contributed by atoms with Crippen LogP contribution in [0, 0.1) is 10.1 Å². The molecule has 0 unspecified atom stereocenters. The largest absolute Gasteiger partial charge is 0.507 e. The van der Waals surface area contributed by atoms with Gasteiger partial charge in [-0.1, -0.05) is 72.8 Å². The van der Waals surface area contributed by atoms with Gasteiger partial charge in [0.25, 0.3) is 17.4 Å². The summed E-state index contributed by atoms with van der Waals surface area (Å²) in [5.41, 5.74) is 1.13. The van der Waals surface area contributed by atoms with Gasteiger partial charge in [-0.2, -0.15) is 0 Å². The molecular weight excluding hydrogens is 408 g/mol. The van der Waals surface area contributed by atoms with Crippen molar-refractivity contribution in [2.45, 2.75) is 12.5 Å². The topological polar surface area (TPSA) is 101 Å². The van der Waals surface area contributed by atoms with Crippen molar-refractivity contribution in [1.82, 2.24) is 4.90 Å². The predicted molar refractivity (Wildman–Crippen MR) is 119 cm³/mol. The lowest BCUT2D eigenvalue weighted by molar-refractivity contribution is -0.385. The number of likely N-dealkylation sites (tertiary alicyclic amines) is 1. The Labute approximate surface area is 184 Å². The van der Waals surface area contributed by atoms with Gasteiger partial charge in [-0.15, -0.1) is 0 Å². The number of amides is 1. The molecule has 1 heterocycles. The highest BCUT2D eigenvalue weighted by atomic mass is 16.6. The van der Waals surface area contributed by atoms with Crippen molar-refractivity contribution >= 4 is 23.1 Å². The minimum Gasteiger partial charge on any atom is -0.507 e. The van der Waals surface area contributed by atoms with Crippen molar-refractivity contribution < 1.29 is 19.6 Å². The quantitative estimate of drug-likeness (QED) is 0.208. The van der Waals surface area contributed by atoms with Gasteiger partial charge in [-0.25, -0.2) is 0 Å². The fourth-order valence-electron chi connectivity index (χ4n) is 3.96. The van der Waals surface area contributed by atoms with Gasteiger partial charge in [0.1, 0.15) is 5.76 Å². The summed E-state index contributed by atoms with van der Waals surface area (Å²) < 4.78 is 0. The average molecular weight is 428 g/mol. The van der Waals surface area contributed by atoms with Gasteiger partial charge in [0.15, 0.2) is 0 Å². The Bertz CT molecular complexity index is 1210. The van der Waals surface area contributed by atoms with Crippen LogP contribution < -0.4 is 0 Å². The molecule has 1 N–H and O–H groups in total. The summed E-state index contributed by atoms with van der Waals surface area (Å²) in [6, 6.07) is 22.7. The molecule has 7 nitrogen and oxygen atoms in total. The number of benzene rings is 3. The maximum Gasteiger partial charge on any atom is 0.295 e. The molecule has 1 aliphatic rings. The third-order valence-electron chi connectivity index (χ3n) is 5.50. The van der Waals surface area contributed by atoms with E-state index in [4.69, 9.17) is 0 Å². The molecule has 0 spiro atoms. The van der Waals surface area contributed by atoms with E-state index in [1.54, 1.807) is 36.4 Å². The first-order valence-electron chi connectivity index (χ1n) is 10.1. The van der Waals surface area contributed by atoms with E-state index in [-0.39, 0.29) is 29.1 Å². The van der Waals surface area contributed by atoms with E-state index >= 15 is 0 Å². The normalized spacial score (nSPS) is 17.5. The number of hydrogen-bond donors (Lipinski definition) is 1. The van der Waals surface area contributed by atoms with Gasteiger partial charge in [0, 0.05) is 18.2 Å². The van der Waals surface area contributed by atoms with Crippen LogP contribution in [0.2, 0.25) is 0 Å². The van der Waals surface area contributed by atoms with Crippen LogP contribution in [0.25, 0.3) is 5.76 Å². The molecular formula is C25H20N2O5. The summed E-state index contributed by atoms with van der Waals surface area (Å²) in [6.07, 6.45) is 0.455. The second-order valence-electron chi connectivity index (χ2n) is 7.41. The van der Waals surface area contributed by atoms with Crippen LogP contribution in [-0.2, 0) is 16.0 Å². The van der Waals surface area contributed by atoms with Gasteiger partial charge < -0.3 is 10.0 Å². The SMILES string of the molecule is O=C1C(=O)N(CCc2ccccc2)[C@@H](c2ccccc2[N+](=O)[O-])/C1=C(/O)c1ccccc1. The molecule has 0 radical (unpaired) electrons. The zero-order valence-electron chi connectivity index (χ0n) is 17.0. The van der Waals surface area contributed by atoms with E-state index in [0.29, 0.717) is 12.0 Å². The zero-order chi connectivity index (χ0) is 22.7. The lowest BCUT2D eigenvalue weighted by Crippen LogP contribution is -2.32. The van der Waals surface area contributed by atoms with Crippen LogP contribution in [0.4, 0.5) is 5.69 Å². The molecule has 1 aliphatic heterocycles. The van der Waals surface area contributed by atoms with Gasteiger partial charge in [-0.05, 0) is 18.1 Å². The first kappa shape index (κ1) is 21.0. The van der Waals surface area contributed by atoms with E-state index in [0.717, 1.165) is 5.56 Å². The van der Waals surface area contributed by atoms with Gasteiger partial charge >= 0.3 is 0 Å². The second-order valence-corrected chi connectivity index (χ2v) is 7.41. The summed E-state index contributed by atoms with van der Waals surface area (Å²) >= 11 is 0. The monoisotopic (exact) mass is 428 g/mol. The number of aliphatic hydroxyl groups excluding tert-OH is 1. The highest BCUT2D eigenvalue weighted by molar-refractivity contribution is 6.46. The molecule has 1 saturated heterocycles. The Balaban J connectivity index is 1.85. The number of aliphatic hydroxyl groups is 1. The molecule has 32 heavy (non-hydrogen) atoms. The molecule has 1 amide bonds. The van der Waals surface area contributed by atoms with Crippen molar-refractivity contribution in [3.05, 3.63) is 117 Å². The van der Waals surface area contributed by atoms with Gasteiger partial charge in [0.05, 0.1) is 22.1 Å². The maximum absolute atomic E-state index is 13.0. The number of nitrogens with zero attached hydrogens (tertiary/aromatic N) is 2. The van der Waals surface area contributed by atoms with Crippen molar-refractivity contribution in [3.63, 3.8) is 0 Å². The van der Waals surface area contributed by atoms with Crippen molar-refractivity contribution in [2.24, 2.45) is 0 Å². The van der Waals surface area contributed by atoms with E-state index in [9.17, 15) is 24.8 Å². The minimum atomic E-state index is -1.07. The van der Waals surface area contributed by atoms with E-state index in [2.05, 4.69) is 0 Å².